The topological polar surface area (TPSA) is 114 Å². The van der Waals surface area contributed by atoms with E-state index < -0.39 is 10.8 Å². The second-order valence-electron chi connectivity index (χ2n) is 5.65. The molecule has 2 N–H and O–H groups in total. The van der Waals surface area contributed by atoms with Gasteiger partial charge in [-0.15, -0.1) is 0 Å². The van der Waals surface area contributed by atoms with E-state index in [9.17, 15) is 19.7 Å². The molecule has 0 unspecified atom stereocenters. The molecule has 1 aromatic heterocycles. The van der Waals surface area contributed by atoms with Crippen molar-refractivity contribution in [3.63, 3.8) is 0 Å². The summed E-state index contributed by atoms with van der Waals surface area (Å²) in [5, 5.41) is 16.1. The van der Waals surface area contributed by atoms with Crippen LogP contribution in [0.4, 0.5) is 17.1 Å². The highest BCUT2D eigenvalue weighted by atomic mass is 35.5. The second kappa shape index (κ2) is 8.28. The summed E-state index contributed by atoms with van der Waals surface area (Å²) >= 11 is 5.97. The number of aromatic nitrogens is 1. The van der Waals surface area contributed by atoms with Gasteiger partial charge in [-0.1, -0.05) is 17.7 Å². The molecule has 0 bridgehead atoms. The van der Waals surface area contributed by atoms with Crippen LogP contribution >= 0.6 is 11.6 Å². The van der Waals surface area contributed by atoms with Gasteiger partial charge in [0.15, 0.2) is 0 Å². The molecule has 0 aliphatic heterocycles. The number of amides is 2. The van der Waals surface area contributed by atoms with E-state index in [-0.39, 0.29) is 22.2 Å². The molecule has 9 heteroatoms. The van der Waals surface area contributed by atoms with Crippen LogP contribution in [0, 0.1) is 10.1 Å². The fourth-order valence-corrected chi connectivity index (χ4v) is 2.64. The highest BCUT2D eigenvalue weighted by molar-refractivity contribution is 6.34. The van der Waals surface area contributed by atoms with Gasteiger partial charge in [0, 0.05) is 35.9 Å². The molecule has 2 amide bonds. The number of nitrogens with zero attached hydrogens (tertiary/aromatic N) is 2. The Balaban J connectivity index is 1.73. The van der Waals surface area contributed by atoms with E-state index in [2.05, 4.69) is 15.6 Å². The fourth-order valence-electron chi connectivity index (χ4n) is 2.38. The first-order valence-electron chi connectivity index (χ1n) is 8.01. The smallest absolute Gasteiger partial charge is 0.270 e. The third-order valence-electron chi connectivity index (χ3n) is 3.71. The Morgan fingerprint density at radius 2 is 1.68 bits per heavy atom. The van der Waals surface area contributed by atoms with Gasteiger partial charge >= 0.3 is 0 Å². The summed E-state index contributed by atoms with van der Waals surface area (Å²) in [6.07, 6.45) is 3.01. The standard InChI is InChI=1S/C19H13ClN4O4/c20-17-10-15(24(27)28)6-7-16(17)19(26)23-14-5-1-4-13(9-14)22-18(25)12-3-2-8-21-11-12/h1-11H,(H,22,25)(H,23,26). The fraction of sp³-hybridized carbons (Fsp3) is 0. The molecule has 0 radical (unpaired) electrons. The number of rotatable bonds is 5. The summed E-state index contributed by atoms with van der Waals surface area (Å²) in [6, 6.07) is 13.4. The van der Waals surface area contributed by atoms with E-state index in [1.54, 1.807) is 42.6 Å². The number of nitrogens with one attached hydrogen (secondary N) is 2. The van der Waals surface area contributed by atoms with Gasteiger partial charge in [-0.2, -0.15) is 0 Å². The van der Waals surface area contributed by atoms with Crippen LogP contribution < -0.4 is 10.6 Å². The summed E-state index contributed by atoms with van der Waals surface area (Å²) in [5.41, 5.74) is 1.18. The number of benzene rings is 2. The number of nitro groups is 1. The van der Waals surface area contributed by atoms with E-state index in [0.717, 1.165) is 6.07 Å². The first kappa shape index (κ1) is 19.0. The van der Waals surface area contributed by atoms with Crippen molar-refractivity contribution < 1.29 is 14.5 Å². The molecule has 3 aromatic rings. The number of carbonyl (C=O) groups excluding carboxylic acids is 2. The summed E-state index contributed by atoms with van der Waals surface area (Å²) in [5.74, 6) is -0.870. The van der Waals surface area contributed by atoms with Crippen LogP contribution in [0.5, 0.6) is 0 Å². The van der Waals surface area contributed by atoms with Gasteiger partial charge in [-0.05, 0) is 36.4 Å². The number of anilines is 2. The first-order valence-corrected chi connectivity index (χ1v) is 8.38. The predicted molar refractivity (Wildman–Crippen MR) is 105 cm³/mol. The molecule has 1 heterocycles. The molecule has 0 saturated carbocycles. The summed E-state index contributed by atoms with van der Waals surface area (Å²) < 4.78 is 0. The Hall–Kier alpha value is -3.78. The molecule has 28 heavy (non-hydrogen) atoms. The van der Waals surface area contributed by atoms with Gasteiger partial charge in [-0.25, -0.2) is 0 Å². The van der Waals surface area contributed by atoms with Crippen LogP contribution in [0.2, 0.25) is 5.02 Å². The van der Waals surface area contributed by atoms with E-state index in [4.69, 9.17) is 11.6 Å². The average molecular weight is 397 g/mol. The van der Waals surface area contributed by atoms with Crippen molar-refractivity contribution >= 4 is 40.5 Å². The second-order valence-corrected chi connectivity index (χ2v) is 6.06. The normalized spacial score (nSPS) is 10.2. The Kier molecular flexibility index (Phi) is 5.61. The number of hydrogen-bond donors (Lipinski definition) is 2. The van der Waals surface area contributed by atoms with Gasteiger partial charge in [0.2, 0.25) is 0 Å². The van der Waals surface area contributed by atoms with Crippen LogP contribution in [0.3, 0.4) is 0 Å². The molecule has 140 valence electrons. The highest BCUT2D eigenvalue weighted by Gasteiger charge is 2.15. The minimum Gasteiger partial charge on any atom is -0.322 e. The van der Waals surface area contributed by atoms with Gasteiger partial charge in [0.25, 0.3) is 17.5 Å². The quantitative estimate of drug-likeness (QED) is 0.496. The molecular formula is C19H13ClN4O4. The minimum atomic E-state index is -0.595. The van der Waals surface area contributed by atoms with Crippen molar-refractivity contribution in [2.24, 2.45) is 0 Å². The van der Waals surface area contributed by atoms with Gasteiger partial charge in [0.05, 0.1) is 21.1 Å². The predicted octanol–water partition coefficient (Wildman–Crippen LogP) is 4.15. The number of carbonyl (C=O) groups is 2. The monoisotopic (exact) mass is 396 g/mol. The van der Waals surface area contributed by atoms with Crippen molar-refractivity contribution in [3.8, 4) is 0 Å². The molecule has 3 rings (SSSR count). The van der Waals surface area contributed by atoms with Crippen molar-refractivity contribution in [3.05, 3.63) is 93.3 Å². The third kappa shape index (κ3) is 4.49. The number of hydrogen-bond acceptors (Lipinski definition) is 5. The van der Waals surface area contributed by atoms with E-state index in [1.807, 2.05) is 0 Å². The van der Waals surface area contributed by atoms with Gasteiger partial charge < -0.3 is 10.6 Å². The van der Waals surface area contributed by atoms with Crippen LogP contribution in [0.1, 0.15) is 20.7 Å². The van der Waals surface area contributed by atoms with E-state index >= 15 is 0 Å². The van der Waals surface area contributed by atoms with Crippen LogP contribution in [0.25, 0.3) is 0 Å². The highest BCUT2D eigenvalue weighted by Crippen LogP contribution is 2.24. The summed E-state index contributed by atoms with van der Waals surface area (Å²) in [7, 11) is 0. The lowest BCUT2D eigenvalue weighted by Crippen LogP contribution is -2.14. The Bertz CT molecular complexity index is 1060. The lowest BCUT2D eigenvalue weighted by Gasteiger charge is -2.09. The molecule has 0 atom stereocenters. The Labute approximate surface area is 164 Å². The summed E-state index contributed by atoms with van der Waals surface area (Å²) in [6.45, 7) is 0. The van der Waals surface area contributed by atoms with Crippen molar-refractivity contribution in [2.75, 3.05) is 10.6 Å². The Morgan fingerprint density at radius 3 is 2.29 bits per heavy atom. The van der Waals surface area contributed by atoms with Gasteiger partial charge in [0.1, 0.15) is 0 Å². The van der Waals surface area contributed by atoms with Crippen LogP contribution in [-0.2, 0) is 0 Å². The zero-order valence-corrected chi connectivity index (χ0v) is 15.0. The van der Waals surface area contributed by atoms with Crippen LogP contribution in [0.15, 0.2) is 67.0 Å². The molecule has 0 fully saturated rings. The van der Waals surface area contributed by atoms with Crippen molar-refractivity contribution in [1.82, 2.24) is 4.98 Å². The van der Waals surface area contributed by atoms with E-state index in [1.165, 1.54) is 18.3 Å². The molecule has 0 aliphatic carbocycles. The molecule has 0 aliphatic rings. The number of pyridine rings is 1. The molecule has 0 spiro atoms. The zero-order chi connectivity index (χ0) is 20.1. The van der Waals surface area contributed by atoms with E-state index in [0.29, 0.717) is 16.9 Å². The van der Waals surface area contributed by atoms with Crippen molar-refractivity contribution in [2.45, 2.75) is 0 Å². The summed E-state index contributed by atoms with van der Waals surface area (Å²) in [4.78, 5) is 38.7. The van der Waals surface area contributed by atoms with Gasteiger partial charge in [-0.3, -0.25) is 24.7 Å². The number of halogens is 1. The Morgan fingerprint density at radius 1 is 0.964 bits per heavy atom. The maximum Gasteiger partial charge on any atom is 0.270 e. The lowest BCUT2D eigenvalue weighted by atomic mass is 10.2. The molecule has 2 aromatic carbocycles. The zero-order valence-electron chi connectivity index (χ0n) is 14.3. The molecule has 8 nitrogen and oxygen atoms in total. The maximum absolute atomic E-state index is 12.4. The average Bonchev–Trinajstić information content (AvgIpc) is 2.68. The number of non-ortho nitro benzene ring substituents is 1. The maximum atomic E-state index is 12.4. The SMILES string of the molecule is O=C(Nc1cccc(NC(=O)c2ccc([N+](=O)[O-])cc2Cl)c1)c1cccnc1. The minimum absolute atomic E-state index is 0.0345. The van der Waals surface area contributed by atoms with Crippen LogP contribution in [-0.4, -0.2) is 21.7 Å². The number of nitro benzene ring substituents is 1. The first-order chi connectivity index (χ1) is 13.4. The largest absolute Gasteiger partial charge is 0.322 e. The molecular weight excluding hydrogens is 384 g/mol. The lowest BCUT2D eigenvalue weighted by molar-refractivity contribution is -0.384. The van der Waals surface area contributed by atoms with Crippen molar-refractivity contribution in [1.29, 1.82) is 0 Å². The third-order valence-corrected chi connectivity index (χ3v) is 4.02. The molecule has 0 saturated heterocycles.